The Morgan fingerprint density at radius 2 is 2.00 bits per heavy atom. The average Bonchev–Trinajstić information content (AvgIpc) is 2.82. The minimum absolute atomic E-state index is 0.343. The van der Waals surface area contributed by atoms with Gasteiger partial charge in [0, 0.05) is 18.0 Å². The number of benzene rings is 1. The molecular weight excluding hydrogens is 226 g/mol. The first-order valence-electron chi connectivity index (χ1n) is 4.66. The summed E-state index contributed by atoms with van der Waals surface area (Å²) in [6.45, 7) is 0. The summed E-state index contributed by atoms with van der Waals surface area (Å²) in [4.78, 5) is 11.4. The van der Waals surface area contributed by atoms with Crippen molar-refractivity contribution in [2.75, 3.05) is 0 Å². The van der Waals surface area contributed by atoms with E-state index in [0.29, 0.717) is 10.6 Å². The summed E-state index contributed by atoms with van der Waals surface area (Å²) in [6, 6.07) is 8.74. The van der Waals surface area contributed by atoms with Crippen LogP contribution < -0.4 is 11.3 Å². The quantitative estimate of drug-likeness (QED) is 0.473. The fourth-order valence-electron chi connectivity index (χ4n) is 1.43. The van der Waals surface area contributed by atoms with E-state index in [1.54, 1.807) is 18.2 Å². The third kappa shape index (κ3) is 1.93. The Morgan fingerprint density at radius 3 is 2.62 bits per heavy atom. The van der Waals surface area contributed by atoms with Gasteiger partial charge in [0.1, 0.15) is 0 Å². The lowest BCUT2D eigenvalue weighted by molar-refractivity contribution is 0.0953. The predicted octanol–water partition coefficient (Wildman–Crippen LogP) is 1.73. The molecule has 0 aliphatic rings. The lowest BCUT2D eigenvalue weighted by Gasteiger charge is -2.07. The molecule has 1 aromatic carbocycles. The summed E-state index contributed by atoms with van der Waals surface area (Å²) in [5.41, 5.74) is 3.29. The van der Waals surface area contributed by atoms with Crippen molar-refractivity contribution in [3.05, 3.63) is 53.3 Å². The van der Waals surface area contributed by atoms with E-state index in [9.17, 15) is 4.79 Å². The Kier molecular flexibility index (Phi) is 2.94. The average molecular weight is 236 g/mol. The van der Waals surface area contributed by atoms with Gasteiger partial charge < -0.3 is 4.57 Å². The number of carbonyl (C=O) groups excluding carboxylic acids is 1. The van der Waals surface area contributed by atoms with Crippen LogP contribution in [0.1, 0.15) is 10.4 Å². The Labute approximate surface area is 97.6 Å². The Bertz CT molecular complexity index is 508. The molecule has 0 fully saturated rings. The van der Waals surface area contributed by atoms with Gasteiger partial charge in [-0.1, -0.05) is 11.6 Å². The number of nitrogen functional groups attached to an aromatic ring is 1. The molecule has 0 aliphatic carbocycles. The highest BCUT2D eigenvalue weighted by Gasteiger charge is 2.08. The molecule has 82 valence electrons. The van der Waals surface area contributed by atoms with Crippen LogP contribution in [0.25, 0.3) is 5.69 Å². The van der Waals surface area contributed by atoms with Crippen LogP contribution in [0, 0.1) is 0 Å². The number of nitrogens with two attached hydrogens (primary N) is 1. The van der Waals surface area contributed by atoms with Crippen molar-refractivity contribution < 1.29 is 4.79 Å². The van der Waals surface area contributed by atoms with Crippen molar-refractivity contribution in [2.24, 2.45) is 5.84 Å². The number of hydrazine groups is 1. The monoisotopic (exact) mass is 235 g/mol. The number of hydrogen-bond donors (Lipinski definition) is 2. The summed E-state index contributed by atoms with van der Waals surface area (Å²) in [6.07, 6.45) is 3.71. The van der Waals surface area contributed by atoms with E-state index >= 15 is 0 Å². The number of hydrogen-bond acceptors (Lipinski definition) is 2. The molecule has 4 nitrogen and oxygen atoms in total. The van der Waals surface area contributed by atoms with Crippen LogP contribution in [0.5, 0.6) is 0 Å². The molecule has 0 radical (unpaired) electrons. The Morgan fingerprint density at radius 1 is 1.31 bits per heavy atom. The van der Waals surface area contributed by atoms with Gasteiger partial charge in [-0.2, -0.15) is 0 Å². The highest BCUT2D eigenvalue weighted by Crippen LogP contribution is 2.21. The molecule has 0 bridgehead atoms. The maximum Gasteiger partial charge on any atom is 0.265 e. The number of amides is 1. The Balaban J connectivity index is 2.49. The molecule has 1 aromatic heterocycles. The van der Waals surface area contributed by atoms with Gasteiger partial charge >= 0.3 is 0 Å². The SMILES string of the molecule is NNC(=O)c1ccc(Cl)c(-n2cccc2)c1. The second kappa shape index (κ2) is 4.38. The minimum Gasteiger partial charge on any atom is -0.322 e. The first-order chi connectivity index (χ1) is 7.72. The van der Waals surface area contributed by atoms with E-state index in [0.717, 1.165) is 5.69 Å². The van der Waals surface area contributed by atoms with Crippen molar-refractivity contribution in [3.63, 3.8) is 0 Å². The number of halogens is 1. The van der Waals surface area contributed by atoms with Gasteiger partial charge in [-0.25, -0.2) is 5.84 Å². The molecule has 0 saturated carbocycles. The summed E-state index contributed by atoms with van der Waals surface area (Å²) in [7, 11) is 0. The molecule has 2 aromatic rings. The molecule has 1 heterocycles. The van der Waals surface area contributed by atoms with E-state index in [1.807, 2.05) is 29.1 Å². The molecule has 0 saturated heterocycles. The Hall–Kier alpha value is -1.78. The summed E-state index contributed by atoms with van der Waals surface area (Å²) in [5.74, 6) is 4.73. The highest BCUT2D eigenvalue weighted by atomic mass is 35.5. The summed E-state index contributed by atoms with van der Waals surface area (Å²) in [5, 5.41) is 0.574. The zero-order valence-electron chi connectivity index (χ0n) is 8.35. The van der Waals surface area contributed by atoms with Crippen molar-refractivity contribution in [1.29, 1.82) is 0 Å². The zero-order valence-corrected chi connectivity index (χ0v) is 9.11. The van der Waals surface area contributed by atoms with Gasteiger partial charge in [0.2, 0.25) is 0 Å². The van der Waals surface area contributed by atoms with Crippen LogP contribution in [-0.4, -0.2) is 10.5 Å². The van der Waals surface area contributed by atoms with Gasteiger partial charge in [-0.3, -0.25) is 10.2 Å². The lowest BCUT2D eigenvalue weighted by Crippen LogP contribution is -2.30. The van der Waals surface area contributed by atoms with E-state index in [1.165, 1.54) is 0 Å². The van der Waals surface area contributed by atoms with Crippen LogP contribution in [0.4, 0.5) is 0 Å². The molecule has 0 spiro atoms. The summed E-state index contributed by atoms with van der Waals surface area (Å²) < 4.78 is 1.83. The molecule has 2 rings (SSSR count). The second-order valence-corrected chi connectivity index (χ2v) is 3.64. The largest absolute Gasteiger partial charge is 0.322 e. The van der Waals surface area contributed by atoms with Crippen LogP contribution in [0.3, 0.4) is 0 Å². The van der Waals surface area contributed by atoms with Gasteiger partial charge in [0.25, 0.3) is 5.91 Å². The number of rotatable bonds is 2. The smallest absolute Gasteiger partial charge is 0.265 e. The van der Waals surface area contributed by atoms with Crippen molar-refractivity contribution in [1.82, 2.24) is 9.99 Å². The van der Waals surface area contributed by atoms with E-state index < -0.39 is 0 Å². The van der Waals surface area contributed by atoms with Crippen molar-refractivity contribution in [3.8, 4) is 5.69 Å². The van der Waals surface area contributed by atoms with E-state index in [-0.39, 0.29) is 5.91 Å². The molecule has 5 heteroatoms. The van der Waals surface area contributed by atoms with Gasteiger partial charge in [0.05, 0.1) is 10.7 Å². The molecule has 1 amide bonds. The standard InChI is InChI=1S/C11H10ClN3O/c12-9-4-3-8(11(16)14-13)7-10(9)15-5-1-2-6-15/h1-7H,13H2,(H,14,16). The fraction of sp³-hybridized carbons (Fsp3) is 0. The highest BCUT2D eigenvalue weighted by molar-refractivity contribution is 6.32. The topological polar surface area (TPSA) is 60.0 Å². The van der Waals surface area contributed by atoms with Crippen LogP contribution in [0.15, 0.2) is 42.7 Å². The maximum atomic E-state index is 11.4. The minimum atomic E-state index is -0.343. The maximum absolute atomic E-state index is 11.4. The first-order valence-corrected chi connectivity index (χ1v) is 5.04. The predicted molar refractivity (Wildman–Crippen MR) is 62.4 cm³/mol. The molecule has 0 unspecified atom stereocenters. The van der Waals surface area contributed by atoms with Gasteiger partial charge in [-0.05, 0) is 30.3 Å². The fourth-order valence-corrected chi connectivity index (χ4v) is 1.65. The number of aromatic nitrogens is 1. The van der Waals surface area contributed by atoms with E-state index in [2.05, 4.69) is 5.43 Å². The number of carbonyl (C=O) groups is 1. The van der Waals surface area contributed by atoms with E-state index in [4.69, 9.17) is 17.4 Å². The van der Waals surface area contributed by atoms with Crippen LogP contribution >= 0.6 is 11.6 Å². The normalized spacial score (nSPS) is 10.1. The molecule has 0 aliphatic heterocycles. The molecule has 0 atom stereocenters. The van der Waals surface area contributed by atoms with Gasteiger partial charge in [0.15, 0.2) is 0 Å². The zero-order chi connectivity index (χ0) is 11.5. The molecular formula is C11H10ClN3O. The number of nitrogens with zero attached hydrogens (tertiary/aromatic N) is 1. The second-order valence-electron chi connectivity index (χ2n) is 3.23. The summed E-state index contributed by atoms with van der Waals surface area (Å²) >= 11 is 6.05. The first kappa shape index (κ1) is 10.7. The third-order valence-electron chi connectivity index (χ3n) is 2.22. The molecule has 16 heavy (non-hydrogen) atoms. The van der Waals surface area contributed by atoms with Crippen LogP contribution in [-0.2, 0) is 0 Å². The van der Waals surface area contributed by atoms with Crippen molar-refractivity contribution >= 4 is 17.5 Å². The molecule has 3 N–H and O–H groups in total. The number of nitrogens with one attached hydrogen (secondary N) is 1. The lowest BCUT2D eigenvalue weighted by atomic mass is 10.2. The van der Waals surface area contributed by atoms with Gasteiger partial charge in [-0.15, -0.1) is 0 Å². The van der Waals surface area contributed by atoms with Crippen molar-refractivity contribution in [2.45, 2.75) is 0 Å². The third-order valence-corrected chi connectivity index (χ3v) is 2.54. The van der Waals surface area contributed by atoms with Crippen LogP contribution in [0.2, 0.25) is 5.02 Å².